The van der Waals surface area contributed by atoms with Crippen molar-refractivity contribution < 1.29 is 13.3 Å². The van der Waals surface area contributed by atoms with E-state index in [9.17, 15) is 18.5 Å². The molecule has 0 aliphatic rings. The highest BCUT2D eigenvalue weighted by molar-refractivity contribution is 7.89. The summed E-state index contributed by atoms with van der Waals surface area (Å²) < 4.78 is 24.5. The predicted octanol–water partition coefficient (Wildman–Crippen LogP) is 3.18. The Labute approximate surface area is 144 Å². The highest BCUT2D eigenvalue weighted by Crippen LogP contribution is 2.24. The number of hydrogen-bond acceptors (Lipinski definition) is 5. The second kappa shape index (κ2) is 6.98. The second-order valence-electron chi connectivity index (χ2n) is 5.09. The molecule has 0 saturated carbocycles. The molecule has 24 heavy (non-hydrogen) atoms. The van der Waals surface area contributed by atoms with Gasteiger partial charge in [0.25, 0.3) is 15.7 Å². The van der Waals surface area contributed by atoms with Gasteiger partial charge in [-0.15, -0.1) is 0 Å². The fourth-order valence-corrected chi connectivity index (χ4v) is 3.28. The lowest BCUT2D eigenvalue weighted by atomic mass is 10.2. The van der Waals surface area contributed by atoms with E-state index in [1.54, 1.807) is 26.0 Å². The summed E-state index contributed by atoms with van der Waals surface area (Å²) in [6.07, 6.45) is 1.17. The molecule has 0 amide bonds. The normalized spacial score (nSPS) is 11.6. The van der Waals surface area contributed by atoms with Gasteiger partial charge in [0.1, 0.15) is 5.02 Å². The van der Waals surface area contributed by atoms with E-state index in [4.69, 9.17) is 11.6 Å². The third kappa shape index (κ3) is 4.09. The van der Waals surface area contributed by atoms with Crippen LogP contribution >= 0.6 is 11.6 Å². The van der Waals surface area contributed by atoms with Crippen molar-refractivity contribution in [3.8, 4) is 0 Å². The lowest BCUT2D eigenvalue weighted by molar-refractivity contribution is -0.384. The van der Waals surface area contributed by atoms with Crippen LogP contribution in [0.2, 0.25) is 5.02 Å². The molecule has 0 aliphatic heterocycles. The van der Waals surface area contributed by atoms with Crippen LogP contribution in [0.5, 0.6) is 0 Å². The lowest BCUT2D eigenvalue weighted by Gasteiger charge is -2.07. The monoisotopic (exact) mass is 367 g/mol. The van der Waals surface area contributed by atoms with Crippen molar-refractivity contribution in [2.24, 2.45) is 5.10 Å². The summed E-state index contributed by atoms with van der Waals surface area (Å²) in [5.41, 5.74) is 1.46. The van der Waals surface area contributed by atoms with E-state index in [-0.39, 0.29) is 15.6 Å². The van der Waals surface area contributed by atoms with E-state index in [2.05, 4.69) is 9.93 Å². The Kier molecular flexibility index (Phi) is 5.20. The molecular weight excluding hydrogens is 354 g/mol. The van der Waals surface area contributed by atoms with Crippen LogP contribution < -0.4 is 4.83 Å². The van der Waals surface area contributed by atoms with Crippen LogP contribution in [0.1, 0.15) is 16.7 Å². The summed E-state index contributed by atoms with van der Waals surface area (Å²) in [5.74, 6) is 0. The van der Waals surface area contributed by atoms with E-state index < -0.39 is 14.9 Å². The van der Waals surface area contributed by atoms with Gasteiger partial charge in [-0.1, -0.05) is 29.8 Å². The lowest BCUT2D eigenvalue weighted by Crippen LogP contribution is -2.19. The van der Waals surface area contributed by atoms with Crippen molar-refractivity contribution in [2.75, 3.05) is 0 Å². The van der Waals surface area contributed by atoms with E-state index in [0.29, 0.717) is 11.1 Å². The largest absolute Gasteiger partial charge is 0.288 e. The predicted molar refractivity (Wildman–Crippen MR) is 91.9 cm³/mol. The zero-order chi connectivity index (χ0) is 17.9. The molecule has 0 aliphatic carbocycles. The molecule has 0 fully saturated rings. The van der Waals surface area contributed by atoms with Crippen LogP contribution in [-0.4, -0.2) is 19.6 Å². The number of sulfonamides is 1. The standard InChI is InChI=1S/C15H14ClN3O4S/c1-10-3-4-11(2)15(7-10)24(22,23)18-17-9-12-5-6-13(16)14(8-12)19(20)21/h3-9,18H,1-2H3/b17-9-. The van der Waals surface area contributed by atoms with Crippen LogP contribution in [0.3, 0.4) is 0 Å². The Morgan fingerprint density at radius 3 is 2.58 bits per heavy atom. The van der Waals surface area contributed by atoms with Gasteiger partial charge in [0.05, 0.1) is 16.0 Å². The zero-order valence-electron chi connectivity index (χ0n) is 12.9. The van der Waals surface area contributed by atoms with Gasteiger partial charge in [0.15, 0.2) is 0 Å². The van der Waals surface area contributed by atoms with Gasteiger partial charge < -0.3 is 0 Å². The molecule has 0 spiro atoms. The molecule has 0 unspecified atom stereocenters. The molecule has 2 aromatic rings. The SMILES string of the molecule is Cc1ccc(C)c(S(=O)(=O)N/N=C\c2ccc(Cl)c([N+](=O)[O-])c2)c1. The van der Waals surface area contributed by atoms with Gasteiger partial charge in [-0.25, -0.2) is 4.83 Å². The number of halogens is 1. The van der Waals surface area contributed by atoms with Gasteiger partial charge in [-0.05, 0) is 37.1 Å². The van der Waals surface area contributed by atoms with Crippen molar-refractivity contribution in [1.82, 2.24) is 4.83 Å². The Bertz CT molecular complexity index is 926. The first-order valence-electron chi connectivity index (χ1n) is 6.77. The highest BCUT2D eigenvalue weighted by Gasteiger charge is 2.16. The Hall–Kier alpha value is -2.45. The molecule has 0 aromatic heterocycles. The molecule has 2 aromatic carbocycles. The number of hydrazone groups is 1. The average molecular weight is 368 g/mol. The molecule has 9 heteroatoms. The highest BCUT2D eigenvalue weighted by atomic mass is 35.5. The molecule has 0 saturated heterocycles. The summed E-state index contributed by atoms with van der Waals surface area (Å²) >= 11 is 5.71. The van der Waals surface area contributed by atoms with Gasteiger partial charge in [0.2, 0.25) is 0 Å². The summed E-state index contributed by atoms with van der Waals surface area (Å²) in [6, 6.07) is 9.10. The third-order valence-corrected chi connectivity index (χ3v) is 4.87. The van der Waals surface area contributed by atoms with Gasteiger partial charge in [0, 0.05) is 11.6 Å². The van der Waals surface area contributed by atoms with E-state index in [0.717, 1.165) is 5.56 Å². The maximum Gasteiger partial charge on any atom is 0.288 e. The molecule has 7 nitrogen and oxygen atoms in total. The Balaban J connectivity index is 2.23. The molecule has 2 rings (SSSR count). The van der Waals surface area contributed by atoms with Crippen molar-refractivity contribution in [1.29, 1.82) is 0 Å². The van der Waals surface area contributed by atoms with Crippen molar-refractivity contribution in [2.45, 2.75) is 18.7 Å². The second-order valence-corrected chi connectivity index (χ2v) is 7.13. The van der Waals surface area contributed by atoms with Crippen LogP contribution in [0.25, 0.3) is 0 Å². The summed E-state index contributed by atoms with van der Waals surface area (Å²) in [5, 5.41) is 14.5. The van der Waals surface area contributed by atoms with E-state index in [1.165, 1.54) is 24.4 Å². The maximum atomic E-state index is 12.3. The molecule has 0 atom stereocenters. The van der Waals surface area contributed by atoms with Crippen LogP contribution in [-0.2, 0) is 10.0 Å². The number of rotatable bonds is 5. The van der Waals surface area contributed by atoms with Crippen molar-refractivity contribution in [3.05, 3.63) is 68.2 Å². The fourth-order valence-electron chi connectivity index (χ4n) is 1.97. The number of nitrogens with zero attached hydrogens (tertiary/aromatic N) is 2. The van der Waals surface area contributed by atoms with Crippen LogP contribution in [0.4, 0.5) is 5.69 Å². The smallest absolute Gasteiger partial charge is 0.258 e. The Morgan fingerprint density at radius 1 is 1.21 bits per heavy atom. The number of aryl methyl sites for hydroxylation is 2. The third-order valence-electron chi connectivity index (χ3n) is 3.19. The summed E-state index contributed by atoms with van der Waals surface area (Å²) in [4.78, 5) is 12.4. The van der Waals surface area contributed by atoms with Gasteiger partial charge in [-0.3, -0.25) is 10.1 Å². The Morgan fingerprint density at radius 2 is 1.92 bits per heavy atom. The van der Waals surface area contributed by atoms with E-state index in [1.807, 2.05) is 6.07 Å². The van der Waals surface area contributed by atoms with Gasteiger partial charge >= 0.3 is 0 Å². The van der Waals surface area contributed by atoms with Gasteiger partial charge in [-0.2, -0.15) is 13.5 Å². The number of benzene rings is 2. The number of nitrogens with one attached hydrogen (secondary N) is 1. The molecular formula is C15H14ClN3O4S. The molecule has 0 heterocycles. The van der Waals surface area contributed by atoms with Crippen LogP contribution in [0.15, 0.2) is 46.4 Å². The molecule has 0 radical (unpaired) electrons. The topological polar surface area (TPSA) is 102 Å². The zero-order valence-corrected chi connectivity index (χ0v) is 14.4. The maximum absolute atomic E-state index is 12.3. The molecule has 1 N–H and O–H groups in total. The molecule has 0 bridgehead atoms. The summed E-state index contributed by atoms with van der Waals surface area (Å²) in [7, 11) is -3.83. The molecule has 126 valence electrons. The first-order chi connectivity index (χ1) is 11.2. The van der Waals surface area contributed by atoms with Crippen molar-refractivity contribution in [3.63, 3.8) is 0 Å². The van der Waals surface area contributed by atoms with Crippen LogP contribution in [0, 0.1) is 24.0 Å². The number of hydrogen-bond donors (Lipinski definition) is 1. The first kappa shape index (κ1) is 17.9. The minimum atomic E-state index is -3.83. The average Bonchev–Trinajstić information content (AvgIpc) is 2.50. The van der Waals surface area contributed by atoms with Crippen molar-refractivity contribution >= 4 is 33.5 Å². The minimum absolute atomic E-state index is 0.00637. The summed E-state index contributed by atoms with van der Waals surface area (Å²) in [6.45, 7) is 3.47. The number of nitro benzene ring substituents is 1. The fraction of sp³-hybridized carbons (Fsp3) is 0.133. The quantitative estimate of drug-likeness (QED) is 0.498. The van der Waals surface area contributed by atoms with E-state index >= 15 is 0 Å². The first-order valence-corrected chi connectivity index (χ1v) is 8.63. The minimum Gasteiger partial charge on any atom is -0.258 e. The number of nitro groups is 1.